The predicted octanol–water partition coefficient (Wildman–Crippen LogP) is 0.209. The lowest BCUT2D eigenvalue weighted by molar-refractivity contribution is 0.136. The van der Waals surface area contributed by atoms with Crippen molar-refractivity contribution in [2.45, 2.75) is 30.7 Å². The van der Waals surface area contributed by atoms with E-state index in [-0.39, 0.29) is 17.1 Å². The van der Waals surface area contributed by atoms with Crippen LogP contribution in [0.4, 0.5) is 0 Å². The highest BCUT2D eigenvalue weighted by Gasteiger charge is 2.44. The second-order valence-electron chi connectivity index (χ2n) is 4.11. The topological polar surface area (TPSA) is 66.4 Å². The first-order valence-corrected chi connectivity index (χ1v) is 6.41. The molecule has 5 heteroatoms. The first-order valence-electron chi connectivity index (χ1n) is 4.86. The molecule has 2 rings (SSSR count). The third kappa shape index (κ3) is 1.99. The number of hydrogen-bond acceptors (Lipinski definition) is 3. The highest BCUT2D eigenvalue weighted by molar-refractivity contribution is 7.90. The summed E-state index contributed by atoms with van der Waals surface area (Å²) in [5, 5.41) is 9.30. The number of nitrogens with one attached hydrogen (secondary N) is 1. The Balaban J connectivity index is 1.88. The van der Waals surface area contributed by atoms with Gasteiger partial charge in [-0.1, -0.05) is 6.08 Å². The summed E-state index contributed by atoms with van der Waals surface area (Å²) in [5.74, 6) is 0.299. The molecule has 2 aliphatic carbocycles. The molecule has 0 amide bonds. The molecule has 4 nitrogen and oxygen atoms in total. The minimum atomic E-state index is -3.26. The number of allylic oxidation sites excluding steroid dienone is 1. The molecule has 2 saturated carbocycles. The predicted molar refractivity (Wildman–Crippen MR) is 52.9 cm³/mol. The number of rotatable bonds is 5. The fraction of sp³-hybridized carbons (Fsp3) is 0.778. The molecule has 14 heavy (non-hydrogen) atoms. The van der Waals surface area contributed by atoms with Gasteiger partial charge >= 0.3 is 0 Å². The molecule has 0 aromatic rings. The third-order valence-electron chi connectivity index (χ3n) is 2.85. The van der Waals surface area contributed by atoms with Crippen molar-refractivity contribution in [1.29, 1.82) is 0 Å². The number of aliphatic hydroxyl groups excluding tert-OH is 1. The molecular weight excluding hydrogens is 202 g/mol. The fourth-order valence-electron chi connectivity index (χ4n) is 1.60. The van der Waals surface area contributed by atoms with Gasteiger partial charge in [0.05, 0.1) is 5.25 Å². The van der Waals surface area contributed by atoms with E-state index < -0.39 is 16.3 Å². The van der Waals surface area contributed by atoms with Crippen LogP contribution in [0.15, 0.2) is 12.7 Å². The molecule has 0 aliphatic heterocycles. The Kier molecular flexibility index (Phi) is 2.41. The van der Waals surface area contributed by atoms with Crippen LogP contribution in [0, 0.1) is 11.8 Å². The molecule has 0 radical (unpaired) electrons. The van der Waals surface area contributed by atoms with Gasteiger partial charge < -0.3 is 5.11 Å². The molecular formula is C9H15NO3S. The van der Waals surface area contributed by atoms with Crippen molar-refractivity contribution in [3.05, 3.63) is 12.7 Å². The molecule has 0 heterocycles. The minimum absolute atomic E-state index is 0.0287. The van der Waals surface area contributed by atoms with E-state index in [0.717, 1.165) is 19.3 Å². The van der Waals surface area contributed by atoms with E-state index in [9.17, 15) is 13.5 Å². The average Bonchev–Trinajstić information content (AvgIpc) is 2.98. The zero-order valence-corrected chi connectivity index (χ0v) is 8.70. The zero-order valence-electron chi connectivity index (χ0n) is 7.89. The van der Waals surface area contributed by atoms with Crippen LogP contribution >= 0.6 is 0 Å². The Bertz CT molecular complexity index is 334. The Morgan fingerprint density at radius 3 is 2.57 bits per heavy atom. The van der Waals surface area contributed by atoms with Gasteiger partial charge in [-0.05, 0) is 25.2 Å². The van der Waals surface area contributed by atoms with Crippen LogP contribution in [0.2, 0.25) is 0 Å². The number of hydrogen-bond donors (Lipinski definition) is 2. The van der Waals surface area contributed by atoms with E-state index >= 15 is 0 Å². The Hall–Kier alpha value is -0.390. The molecule has 2 fully saturated rings. The van der Waals surface area contributed by atoms with Crippen molar-refractivity contribution in [2.24, 2.45) is 11.8 Å². The van der Waals surface area contributed by atoms with Crippen LogP contribution in [0.5, 0.6) is 0 Å². The zero-order chi connectivity index (χ0) is 10.3. The van der Waals surface area contributed by atoms with Crippen LogP contribution in [0.1, 0.15) is 19.3 Å². The lowest BCUT2D eigenvalue weighted by Gasteiger charge is -2.11. The molecule has 2 N–H and O–H groups in total. The Morgan fingerprint density at radius 1 is 1.50 bits per heavy atom. The average molecular weight is 217 g/mol. The van der Waals surface area contributed by atoms with E-state index in [2.05, 4.69) is 11.3 Å². The van der Waals surface area contributed by atoms with Crippen LogP contribution in [-0.4, -0.2) is 25.0 Å². The van der Waals surface area contributed by atoms with Crippen LogP contribution < -0.4 is 4.72 Å². The smallest absolute Gasteiger partial charge is 0.216 e. The van der Waals surface area contributed by atoms with Gasteiger partial charge in [0.1, 0.15) is 6.23 Å². The molecule has 3 atom stereocenters. The molecule has 1 unspecified atom stereocenters. The van der Waals surface area contributed by atoms with Crippen molar-refractivity contribution in [3.63, 3.8) is 0 Å². The fourth-order valence-corrected chi connectivity index (χ4v) is 3.06. The van der Waals surface area contributed by atoms with Gasteiger partial charge in [-0.15, -0.1) is 6.58 Å². The second kappa shape index (κ2) is 3.32. The van der Waals surface area contributed by atoms with Crippen molar-refractivity contribution in [3.8, 4) is 0 Å². The Labute approximate surface area is 84.1 Å². The minimum Gasteiger partial charge on any atom is -0.377 e. The summed E-state index contributed by atoms with van der Waals surface area (Å²) in [5.41, 5.74) is 0. The van der Waals surface area contributed by atoms with E-state index in [1.165, 1.54) is 0 Å². The van der Waals surface area contributed by atoms with Crippen LogP contribution in [0.25, 0.3) is 0 Å². The van der Waals surface area contributed by atoms with E-state index in [1.807, 2.05) is 0 Å². The normalized spacial score (nSPS) is 33.8. The van der Waals surface area contributed by atoms with Gasteiger partial charge in [0.25, 0.3) is 0 Å². The SMILES string of the molecule is C=C[C@@H]1C[C@@H]1C(O)NS(=O)(=O)C1CC1. The van der Waals surface area contributed by atoms with E-state index in [1.54, 1.807) is 6.08 Å². The lowest BCUT2D eigenvalue weighted by atomic mass is 10.3. The molecule has 0 spiro atoms. The highest BCUT2D eigenvalue weighted by Crippen LogP contribution is 2.41. The van der Waals surface area contributed by atoms with E-state index in [0.29, 0.717) is 0 Å². The van der Waals surface area contributed by atoms with Gasteiger partial charge in [0.15, 0.2) is 0 Å². The first-order chi connectivity index (χ1) is 6.54. The summed E-state index contributed by atoms with van der Waals surface area (Å²) in [4.78, 5) is 0. The van der Waals surface area contributed by atoms with Gasteiger partial charge in [-0.2, -0.15) is 4.72 Å². The summed E-state index contributed by atoms with van der Waals surface area (Å²) in [6.07, 6.45) is 3.11. The van der Waals surface area contributed by atoms with Crippen LogP contribution in [0.3, 0.4) is 0 Å². The van der Waals surface area contributed by atoms with Gasteiger partial charge in [-0.3, -0.25) is 0 Å². The maximum absolute atomic E-state index is 11.4. The summed E-state index contributed by atoms with van der Waals surface area (Å²) in [6.45, 7) is 3.61. The summed E-state index contributed by atoms with van der Waals surface area (Å²) >= 11 is 0. The van der Waals surface area contributed by atoms with Crippen molar-refractivity contribution in [2.75, 3.05) is 0 Å². The number of sulfonamides is 1. The van der Waals surface area contributed by atoms with Gasteiger partial charge in [0, 0.05) is 5.92 Å². The largest absolute Gasteiger partial charge is 0.377 e. The molecule has 2 aliphatic rings. The molecule has 0 aromatic carbocycles. The van der Waals surface area contributed by atoms with Gasteiger partial charge in [0.2, 0.25) is 10.0 Å². The second-order valence-corrected chi connectivity index (χ2v) is 6.10. The molecule has 80 valence electrons. The number of aliphatic hydroxyl groups is 1. The Morgan fingerprint density at radius 2 is 2.14 bits per heavy atom. The quantitative estimate of drug-likeness (QED) is 0.511. The summed E-state index contributed by atoms with van der Waals surface area (Å²) in [7, 11) is -3.26. The maximum Gasteiger partial charge on any atom is 0.216 e. The standard InChI is InChI=1S/C9H15NO3S/c1-2-6-5-8(6)9(11)10-14(12,13)7-3-4-7/h2,6-11H,1,3-5H2/t6-,8+,9?/m1/s1. The maximum atomic E-state index is 11.4. The van der Waals surface area contributed by atoms with Gasteiger partial charge in [-0.25, -0.2) is 8.42 Å². The molecule has 0 aromatic heterocycles. The summed E-state index contributed by atoms with van der Waals surface area (Å²) in [6, 6.07) is 0. The molecule has 0 bridgehead atoms. The van der Waals surface area contributed by atoms with Crippen LogP contribution in [-0.2, 0) is 10.0 Å². The third-order valence-corrected chi connectivity index (χ3v) is 4.77. The van der Waals surface area contributed by atoms with Crippen molar-refractivity contribution >= 4 is 10.0 Å². The first kappa shape index (κ1) is 10.1. The summed E-state index contributed by atoms with van der Waals surface area (Å²) < 4.78 is 25.2. The highest BCUT2D eigenvalue weighted by atomic mass is 32.2. The van der Waals surface area contributed by atoms with Crippen molar-refractivity contribution < 1.29 is 13.5 Å². The van der Waals surface area contributed by atoms with Crippen molar-refractivity contribution in [1.82, 2.24) is 4.72 Å². The molecule has 0 saturated heterocycles. The lowest BCUT2D eigenvalue weighted by Crippen LogP contribution is -2.38. The monoisotopic (exact) mass is 217 g/mol. The van der Waals surface area contributed by atoms with E-state index in [4.69, 9.17) is 0 Å².